The summed E-state index contributed by atoms with van der Waals surface area (Å²) >= 11 is 0. The SMILES string of the molecule is CN(CCC#N)Cc1cnc(N)cn1. The summed E-state index contributed by atoms with van der Waals surface area (Å²) in [6.45, 7) is 1.43. The average Bonchev–Trinajstić information content (AvgIpc) is 2.18. The van der Waals surface area contributed by atoms with Gasteiger partial charge in [0.1, 0.15) is 5.82 Å². The van der Waals surface area contributed by atoms with Gasteiger partial charge >= 0.3 is 0 Å². The normalized spacial score (nSPS) is 10.1. The second kappa shape index (κ2) is 5.14. The van der Waals surface area contributed by atoms with Crippen molar-refractivity contribution >= 4 is 5.82 Å². The summed E-state index contributed by atoms with van der Waals surface area (Å²) in [5.41, 5.74) is 6.27. The van der Waals surface area contributed by atoms with Gasteiger partial charge in [0.2, 0.25) is 0 Å². The van der Waals surface area contributed by atoms with Crippen LogP contribution in [0.15, 0.2) is 12.4 Å². The average molecular weight is 191 g/mol. The van der Waals surface area contributed by atoms with Gasteiger partial charge in [0.15, 0.2) is 0 Å². The molecule has 0 spiro atoms. The Morgan fingerprint density at radius 3 is 2.86 bits per heavy atom. The van der Waals surface area contributed by atoms with Crippen LogP contribution in [0.5, 0.6) is 0 Å². The summed E-state index contributed by atoms with van der Waals surface area (Å²) < 4.78 is 0. The molecule has 0 unspecified atom stereocenters. The summed E-state index contributed by atoms with van der Waals surface area (Å²) in [4.78, 5) is 10.1. The van der Waals surface area contributed by atoms with E-state index in [2.05, 4.69) is 16.0 Å². The molecule has 0 amide bonds. The number of hydrogen-bond acceptors (Lipinski definition) is 5. The van der Waals surface area contributed by atoms with Crippen molar-refractivity contribution in [1.29, 1.82) is 5.26 Å². The fourth-order valence-corrected chi connectivity index (χ4v) is 1.04. The van der Waals surface area contributed by atoms with Crippen LogP contribution in [0.1, 0.15) is 12.1 Å². The van der Waals surface area contributed by atoms with Crippen molar-refractivity contribution in [2.45, 2.75) is 13.0 Å². The summed E-state index contributed by atoms with van der Waals surface area (Å²) in [6.07, 6.45) is 3.71. The van der Waals surface area contributed by atoms with Crippen LogP contribution in [0.4, 0.5) is 5.82 Å². The molecule has 5 nitrogen and oxygen atoms in total. The number of nitriles is 1. The van der Waals surface area contributed by atoms with E-state index in [1.165, 1.54) is 6.20 Å². The number of aromatic nitrogens is 2. The van der Waals surface area contributed by atoms with Crippen molar-refractivity contribution in [3.63, 3.8) is 0 Å². The minimum Gasteiger partial charge on any atom is -0.382 e. The number of nitrogens with two attached hydrogens (primary N) is 1. The lowest BCUT2D eigenvalue weighted by molar-refractivity contribution is 0.330. The van der Waals surface area contributed by atoms with Gasteiger partial charge in [0.25, 0.3) is 0 Å². The molecule has 0 saturated heterocycles. The van der Waals surface area contributed by atoms with Gasteiger partial charge in [-0.15, -0.1) is 0 Å². The van der Waals surface area contributed by atoms with E-state index in [4.69, 9.17) is 11.0 Å². The molecule has 14 heavy (non-hydrogen) atoms. The predicted octanol–water partition coefficient (Wildman–Crippen LogP) is 0.404. The third-order valence-corrected chi connectivity index (χ3v) is 1.76. The molecule has 5 heteroatoms. The van der Waals surface area contributed by atoms with Crippen molar-refractivity contribution in [3.05, 3.63) is 18.1 Å². The van der Waals surface area contributed by atoms with E-state index in [1.807, 2.05) is 11.9 Å². The summed E-state index contributed by atoms with van der Waals surface area (Å²) in [6, 6.07) is 2.10. The van der Waals surface area contributed by atoms with E-state index < -0.39 is 0 Å². The van der Waals surface area contributed by atoms with E-state index in [0.29, 0.717) is 18.8 Å². The maximum absolute atomic E-state index is 8.40. The highest BCUT2D eigenvalue weighted by molar-refractivity contribution is 5.22. The molecule has 0 aliphatic rings. The maximum Gasteiger partial charge on any atom is 0.141 e. The fraction of sp³-hybridized carbons (Fsp3) is 0.444. The molecule has 0 aromatic carbocycles. The Labute approximate surface area is 83.2 Å². The third-order valence-electron chi connectivity index (χ3n) is 1.76. The van der Waals surface area contributed by atoms with E-state index >= 15 is 0 Å². The van der Waals surface area contributed by atoms with Crippen LogP contribution < -0.4 is 5.73 Å². The van der Waals surface area contributed by atoms with Gasteiger partial charge in [-0.1, -0.05) is 0 Å². The van der Waals surface area contributed by atoms with Crippen molar-refractivity contribution < 1.29 is 0 Å². The second-order valence-electron chi connectivity index (χ2n) is 3.08. The van der Waals surface area contributed by atoms with Crippen LogP contribution in [0.3, 0.4) is 0 Å². The van der Waals surface area contributed by atoms with Crippen LogP contribution in [-0.4, -0.2) is 28.5 Å². The molecule has 1 heterocycles. The molecule has 0 fully saturated rings. The van der Waals surface area contributed by atoms with Gasteiger partial charge in [-0.05, 0) is 7.05 Å². The highest BCUT2D eigenvalue weighted by Gasteiger charge is 2.00. The molecule has 1 aromatic rings. The number of nitrogen functional groups attached to an aromatic ring is 1. The van der Waals surface area contributed by atoms with Crippen molar-refractivity contribution in [3.8, 4) is 6.07 Å². The zero-order valence-electron chi connectivity index (χ0n) is 8.14. The van der Waals surface area contributed by atoms with Gasteiger partial charge in [0.05, 0.1) is 24.2 Å². The molecule has 0 saturated carbocycles. The highest BCUT2D eigenvalue weighted by atomic mass is 15.1. The lowest BCUT2D eigenvalue weighted by Gasteiger charge is -2.13. The summed E-state index contributed by atoms with van der Waals surface area (Å²) in [5, 5.41) is 8.40. The van der Waals surface area contributed by atoms with Gasteiger partial charge in [-0.3, -0.25) is 9.88 Å². The predicted molar refractivity (Wildman–Crippen MR) is 53.0 cm³/mol. The number of nitrogens with zero attached hydrogens (tertiary/aromatic N) is 4. The Morgan fingerprint density at radius 2 is 2.29 bits per heavy atom. The van der Waals surface area contributed by atoms with E-state index in [0.717, 1.165) is 12.2 Å². The molecule has 0 aliphatic heterocycles. The van der Waals surface area contributed by atoms with Crippen LogP contribution in [0.2, 0.25) is 0 Å². The fourth-order valence-electron chi connectivity index (χ4n) is 1.04. The van der Waals surface area contributed by atoms with Crippen LogP contribution in [0.25, 0.3) is 0 Å². The first-order valence-corrected chi connectivity index (χ1v) is 4.34. The first-order valence-electron chi connectivity index (χ1n) is 4.34. The summed E-state index contributed by atoms with van der Waals surface area (Å²) in [7, 11) is 1.94. The maximum atomic E-state index is 8.40. The molecule has 0 aliphatic carbocycles. The number of anilines is 1. The van der Waals surface area contributed by atoms with Gasteiger partial charge in [-0.2, -0.15) is 5.26 Å². The Hall–Kier alpha value is -1.67. The molecule has 1 rings (SSSR count). The van der Waals surface area contributed by atoms with Crippen LogP contribution >= 0.6 is 0 Å². The molecule has 2 N–H and O–H groups in total. The molecule has 1 aromatic heterocycles. The van der Waals surface area contributed by atoms with E-state index in [1.54, 1.807) is 6.20 Å². The van der Waals surface area contributed by atoms with Crippen molar-refractivity contribution in [2.24, 2.45) is 0 Å². The number of hydrogen-bond donors (Lipinski definition) is 1. The Kier molecular flexibility index (Phi) is 3.83. The Balaban J connectivity index is 2.44. The standard InChI is InChI=1S/C9H13N5/c1-14(4-2-3-10)7-8-5-13-9(11)6-12-8/h5-6H,2,4,7H2,1H3,(H2,11,13). The highest BCUT2D eigenvalue weighted by Crippen LogP contribution is 2.00. The minimum atomic E-state index is 0.424. The molecular formula is C9H13N5. The first kappa shape index (κ1) is 10.4. The molecular weight excluding hydrogens is 178 g/mol. The molecule has 74 valence electrons. The molecule has 0 radical (unpaired) electrons. The lowest BCUT2D eigenvalue weighted by Crippen LogP contribution is -2.19. The van der Waals surface area contributed by atoms with Crippen LogP contribution in [0, 0.1) is 11.3 Å². The van der Waals surface area contributed by atoms with Gasteiger partial charge < -0.3 is 5.73 Å². The zero-order valence-corrected chi connectivity index (χ0v) is 8.14. The Morgan fingerprint density at radius 1 is 1.50 bits per heavy atom. The van der Waals surface area contributed by atoms with E-state index in [-0.39, 0.29) is 0 Å². The third kappa shape index (κ3) is 3.37. The zero-order chi connectivity index (χ0) is 10.4. The van der Waals surface area contributed by atoms with E-state index in [9.17, 15) is 0 Å². The molecule has 0 atom stereocenters. The summed E-state index contributed by atoms with van der Waals surface area (Å²) in [5.74, 6) is 0.424. The minimum absolute atomic E-state index is 0.424. The monoisotopic (exact) mass is 191 g/mol. The van der Waals surface area contributed by atoms with Crippen molar-refractivity contribution in [2.75, 3.05) is 19.3 Å². The topological polar surface area (TPSA) is 78.8 Å². The first-order chi connectivity index (χ1) is 6.72. The van der Waals surface area contributed by atoms with Gasteiger partial charge in [-0.25, -0.2) is 4.98 Å². The quantitative estimate of drug-likeness (QED) is 0.745. The largest absolute Gasteiger partial charge is 0.382 e. The van der Waals surface area contributed by atoms with Crippen molar-refractivity contribution in [1.82, 2.24) is 14.9 Å². The smallest absolute Gasteiger partial charge is 0.141 e. The number of rotatable bonds is 4. The lowest BCUT2D eigenvalue weighted by atomic mass is 10.3. The Bertz CT molecular complexity index is 313. The second-order valence-corrected chi connectivity index (χ2v) is 3.08. The van der Waals surface area contributed by atoms with Crippen LogP contribution in [-0.2, 0) is 6.54 Å². The van der Waals surface area contributed by atoms with Gasteiger partial charge in [0, 0.05) is 19.5 Å². The molecule has 0 bridgehead atoms.